The van der Waals surface area contributed by atoms with E-state index in [4.69, 9.17) is 0 Å². The number of piperidine rings is 1. The van der Waals surface area contributed by atoms with Crippen LogP contribution in [0.2, 0.25) is 0 Å². The Kier molecular flexibility index (Phi) is 9.98. The lowest BCUT2D eigenvalue weighted by Gasteiger charge is -2.34. The quantitative estimate of drug-likeness (QED) is 0.393. The number of hydrogen-bond acceptors (Lipinski definition) is 2. The summed E-state index contributed by atoms with van der Waals surface area (Å²) in [7, 11) is 1.80. The number of likely N-dealkylation sites (tertiary alicyclic amines) is 1. The zero-order valence-electron chi connectivity index (χ0n) is 16.4. The Bertz CT molecular complexity index is 595. The van der Waals surface area contributed by atoms with Crippen LogP contribution < -0.4 is 10.6 Å². The van der Waals surface area contributed by atoms with Gasteiger partial charge in [0.1, 0.15) is 0 Å². The van der Waals surface area contributed by atoms with E-state index >= 15 is 0 Å². The van der Waals surface area contributed by atoms with Gasteiger partial charge in [-0.05, 0) is 30.4 Å². The number of nitrogens with zero attached hydrogens (tertiary/aromatic N) is 2. The molecular weight excluding hydrogens is 439 g/mol. The summed E-state index contributed by atoms with van der Waals surface area (Å²) in [4.78, 5) is 18.4. The molecule has 1 aromatic carbocycles. The Morgan fingerprint density at radius 1 is 1.23 bits per heavy atom. The van der Waals surface area contributed by atoms with E-state index in [1.165, 1.54) is 11.1 Å². The van der Waals surface area contributed by atoms with Crippen LogP contribution >= 0.6 is 24.0 Å². The summed E-state index contributed by atoms with van der Waals surface area (Å²) in [6, 6.07) is 8.86. The van der Waals surface area contributed by atoms with Crippen LogP contribution in [-0.2, 0) is 17.8 Å². The lowest BCUT2D eigenvalue weighted by molar-refractivity contribution is -0.135. The fourth-order valence-corrected chi connectivity index (χ4v) is 3.25. The molecule has 0 saturated carbocycles. The number of hydrogen-bond donors (Lipinski definition) is 2. The second kappa shape index (κ2) is 11.4. The fraction of sp³-hybridized carbons (Fsp3) is 0.600. The van der Waals surface area contributed by atoms with E-state index in [1.54, 1.807) is 7.05 Å². The zero-order valence-corrected chi connectivity index (χ0v) is 18.7. The third-order valence-corrected chi connectivity index (χ3v) is 4.81. The summed E-state index contributed by atoms with van der Waals surface area (Å²) in [5.41, 5.74) is 2.68. The lowest BCUT2D eigenvalue weighted by Crippen LogP contribution is -2.50. The zero-order chi connectivity index (χ0) is 18.2. The van der Waals surface area contributed by atoms with Crippen LogP contribution in [0.25, 0.3) is 0 Å². The number of halogens is 1. The van der Waals surface area contributed by atoms with Crippen molar-refractivity contribution >= 4 is 35.8 Å². The van der Waals surface area contributed by atoms with Crippen LogP contribution in [0.3, 0.4) is 0 Å². The third-order valence-electron chi connectivity index (χ3n) is 4.81. The predicted molar refractivity (Wildman–Crippen MR) is 119 cm³/mol. The molecule has 1 aliphatic heterocycles. The van der Waals surface area contributed by atoms with Gasteiger partial charge in [-0.2, -0.15) is 0 Å². The molecule has 2 N–H and O–H groups in total. The van der Waals surface area contributed by atoms with Crippen molar-refractivity contribution in [3.05, 3.63) is 35.4 Å². The first-order chi connectivity index (χ1) is 12.0. The summed E-state index contributed by atoms with van der Waals surface area (Å²) in [5.74, 6) is 1.18. The maximum absolute atomic E-state index is 12.1. The maximum atomic E-state index is 12.1. The minimum Gasteiger partial charge on any atom is -0.354 e. The molecule has 0 atom stereocenters. The molecule has 1 saturated heterocycles. The van der Waals surface area contributed by atoms with Crippen molar-refractivity contribution in [1.82, 2.24) is 15.5 Å². The predicted octanol–water partition coefficient (Wildman–Crippen LogP) is 3.18. The van der Waals surface area contributed by atoms with Crippen molar-refractivity contribution in [3.8, 4) is 0 Å². The molecule has 0 aromatic heterocycles. The summed E-state index contributed by atoms with van der Waals surface area (Å²) >= 11 is 0. The number of guanidine groups is 1. The van der Waals surface area contributed by atoms with Gasteiger partial charge in [-0.25, -0.2) is 0 Å². The molecule has 0 bridgehead atoms. The third kappa shape index (κ3) is 6.45. The second-order valence-electron chi connectivity index (χ2n) is 6.95. The molecular formula is C20H33IN4O. The van der Waals surface area contributed by atoms with E-state index in [9.17, 15) is 4.79 Å². The van der Waals surface area contributed by atoms with Gasteiger partial charge in [0.25, 0.3) is 0 Å². The molecule has 146 valence electrons. The van der Waals surface area contributed by atoms with Gasteiger partial charge < -0.3 is 15.5 Å². The van der Waals surface area contributed by atoms with Gasteiger partial charge in [-0.3, -0.25) is 9.79 Å². The molecule has 0 aliphatic carbocycles. The average Bonchev–Trinajstić information content (AvgIpc) is 2.65. The first kappa shape index (κ1) is 22.7. The molecule has 1 heterocycles. The SMILES string of the molecule is CCc1ccccc1CNC(=NC)NC1CCN(C(=O)C(C)C)CC1.I. The minimum absolute atomic E-state index is 0. The number of nitrogens with one attached hydrogen (secondary N) is 2. The molecule has 0 radical (unpaired) electrons. The van der Waals surface area contributed by atoms with Crippen LogP contribution in [-0.4, -0.2) is 42.9 Å². The van der Waals surface area contributed by atoms with Crippen molar-refractivity contribution < 1.29 is 4.79 Å². The van der Waals surface area contributed by atoms with Gasteiger partial charge in [0.05, 0.1) is 0 Å². The van der Waals surface area contributed by atoms with E-state index in [1.807, 2.05) is 18.7 Å². The van der Waals surface area contributed by atoms with E-state index < -0.39 is 0 Å². The van der Waals surface area contributed by atoms with Crippen molar-refractivity contribution in [2.75, 3.05) is 20.1 Å². The number of carbonyl (C=O) groups excluding carboxylic acids is 1. The van der Waals surface area contributed by atoms with Crippen LogP contribution in [0.15, 0.2) is 29.3 Å². The lowest BCUT2D eigenvalue weighted by atomic mass is 10.0. The smallest absolute Gasteiger partial charge is 0.225 e. The van der Waals surface area contributed by atoms with Crippen LogP contribution in [0.4, 0.5) is 0 Å². The maximum Gasteiger partial charge on any atom is 0.225 e. The van der Waals surface area contributed by atoms with Gasteiger partial charge in [0.15, 0.2) is 5.96 Å². The molecule has 2 rings (SSSR count). The van der Waals surface area contributed by atoms with E-state index in [0.717, 1.165) is 44.9 Å². The van der Waals surface area contributed by atoms with Crippen molar-refractivity contribution in [1.29, 1.82) is 0 Å². The highest BCUT2D eigenvalue weighted by Crippen LogP contribution is 2.13. The normalized spacial score (nSPS) is 15.6. The topological polar surface area (TPSA) is 56.7 Å². The molecule has 0 unspecified atom stereocenters. The number of aliphatic imine (C=N–C) groups is 1. The van der Waals surface area contributed by atoms with Crippen molar-refractivity contribution in [2.45, 2.75) is 52.6 Å². The molecule has 1 aliphatic rings. The standard InChI is InChI=1S/C20H32N4O.HI/c1-5-16-8-6-7-9-17(16)14-22-20(21-4)23-18-10-12-24(13-11-18)19(25)15(2)3;/h6-9,15,18H,5,10-14H2,1-4H3,(H2,21,22,23);1H. The summed E-state index contributed by atoms with van der Waals surface area (Å²) < 4.78 is 0. The van der Waals surface area contributed by atoms with Gasteiger partial charge in [-0.1, -0.05) is 45.0 Å². The fourth-order valence-electron chi connectivity index (χ4n) is 3.25. The summed E-state index contributed by atoms with van der Waals surface area (Å²) in [6.45, 7) is 8.53. The van der Waals surface area contributed by atoms with Crippen LogP contribution in [0.1, 0.15) is 44.7 Å². The number of aryl methyl sites for hydroxylation is 1. The van der Waals surface area contributed by atoms with Gasteiger partial charge in [0.2, 0.25) is 5.91 Å². The molecule has 26 heavy (non-hydrogen) atoms. The first-order valence-corrected chi connectivity index (χ1v) is 9.37. The Balaban J connectivity index is 0.00000338. The molecule has 0 spiro atoms. The van der Waals surface area contributed by atoms with Crippen molar-refractivity contribution in [3.63, 3.8) is 0 Å². The van der Waals surface area contributed by atoms with E-state index in [2.05, 4.69) is 46.8 Å². The van der Waals surface area contributed by atoms with E-state index in [0.29, 0.717) is 6.04 Å². The van der Waals surface area contributed by atoms with Gasteiger partial charge >= 0.3 is 0 Å². The average molecular weight is 472 g/mol. The monoisotopic (exact) mass is 472 g/mol. The number of amides is 1. The second-order valence-corrected chi connectivity index (χ2v) is 6.95. The van der Waals surface area contributed by atoms with Crippen molar-refractivity contribution in [2.24, 2.45) is 10.9 Å². The summed E-state index contributed by atoms with van der Waals surface area (Å²) in [6.07, 6.45) is 2.96. The molecule has 6 heteroatoms. The summed E-state index contributed by atoms with van der Waals surface area (Å²) in [5, 5.41) is 6.92. The Morgan fingerprint density at radius 3 is 2.38 bits per heavy atom. The van der Waals surface area contributed by atoms with Crippen LogP contribution in [0, 0.1) is 5.92 Å². The number of carbonyl (C=O) groups is 1. The number of benzene rings is 1. The molecule has 1 fully saturated rings. The largest absolute Gasteiger partial charge is 0.354 e. The first-order valence-electron chi connectivity index (χ1n) is 9.37. The molecule has 1 aromatic rings. The minimum atomic E-state index is 0. The highest BCUT2D eigenvalue weighted by molar-refractivity contribution is 14.0. The van der Waals surface area contributed by atoms with Crippen LogP contribution in [0.5, 0.6) is 0 Å². The van der Waals surface area contributed by atoms with Gasteiger partial charge in [0, 0.05) is 38.6 Å². The molecule has 1 amide bonds. The Hall–Kier alpha value is -1.31. The van der Waals surface area contributed by atoms with E-state index in [-0.39, 0.29) is 35.8 Å². The Labute approximate surface area is 175 Å². The highest BCUT2D eigenvalue weighted by Gasteiger charge is 2.24. The van der Waals surface area contributed by atoms with Gasteiger partial charge in [-0.15, -0.1) is 24.0 Å². The Morgan fingerprint density at radius 2 is 1.85 bits per heavy atom. The molecule has 5 nitrogen and oxygen atoms in total. The number of rotatable bonds is 5. The highest BCUT2D eigenvalue weighted by atomic mass is 127.